The summed E-state index contributed by atoms with van der Waals surface area (Å²) in [5, 5.41) is 0. The van der Waals surface area contributed by atoms with E-state index in [2.05, 4.69) is 19.9 Å². The highest BCUT2D eigenvalue weighted by atomic mass is 16.5. The molecule has 0 saturated heterocycles. The molecular formula is C14H20O2. The monoisotopic (exact) mass is 220 g/mol. The van der Waals surface area contributed by atoms with E-state index in [0.717, 1.165) is 12.2 Å². The number of Topliss-reactive ketones (excluding diaryl/α,β-unsaturated/α-hetero) is 1. The summed E-state index contributed by atoms with van der Waals surface area (Å²) in [6.45, 7) is 6.65. The summed E-state index contributed by atoms with van der Waals surface area (Å²) >= 11 is 0. The topological polar surface area (TPSA) is 26.3 Å². The van der Waals surface area contributed by atoms with Gasteiger partial charge in [0, 0.05) is 12.8 Å². The summed E-state index contributed by atoms with van der Waals surface area (Å²) in [4.78, 5) is 11.1. The third-order valence-corrected chi connectivity index (χ3v) is 2.81. The van der Waals surface area contributed by atoms with Crippen LogP contribution in [0.2, 0.25) is 0 Å². The average molecular weight is 220 g/mol. The molecule has 0 bridgehead atoms. The van der Waals surface area contributed by atoms with Crippen molar-refractivity contribution in [3.8, 4) is 5.75 Å². The van der Waals surface area contributed by atoms with E-state index < -0.39 is 0 Å². The third-order valence-electron chi connectivity index (χ3n) is 2.81. The molecule has 0 aliphatic heterocycles. The molecule has 2 nitrogen and oxygen atoms in total. The molecule has 1 rings (SSSR count). The Kier molecular flexibility index (Phi) is 5.03. The summed E-state index contributed by atoms with van der Waals surface area (Å²) in [6.07, 6.45) is 2.06. The zero-order valence-electron chi connectivity index (χ0n) is 10.4. The van der Waals surface area contributed by atoms with E-state index >= 15 is 0 Å². The zero-order chi connectivity index (χ0) is 12.0. The van der Waals surface area contributed by atoms with Gasteiger partial charge in [-0.1, -0.05) is 19.1 Å². The van der Waals surface area contributed by atoms with E-state index in [1.165, 1.54) is 11.1 Å². The second kappa shape index (κ2) is 6.31. The van der Waals surface area contributed by atoms with Gasteiger partial charge in [0.05, 0.1) is 6.61 Å². The van der Waals surface area contributed by atoms with Crippen LogP contribution in [0.4, 0.5) is 0 Å². The van der Waals surface area contributed by atoms with Crippen molar-refractivity contribution in [1.82, 2.24) is 0 Å². The molecule has 1 aromatic rings. The predicted molar refractivity (Wildman–Crippen MR) is 65.9 cm³/mol. The lowest BCUT2D eigenvalue weighted by Gasteiger charge is -2.10. The predicted octanol–water partition coefficient (Wildman–Crippen LogP) is 3.44. The number of carbonyl (C=O) groups excluding carboxylic acids is 1. The molecule has 0 amide bonds. The Morgan fingerprint density at radius 3 is 2.75 bits per heavy atom. The smallest absolute Gasteiger partial charge is 0.132 e. The number of rotatable bonds is 6. The number of ketones is 1. The summed E-state index contributed by atoms with van der Waals surface area (Å²) in [7, 11) is 0. The van der Waals surface area contributed by atoms with Crippen molar-refractivity contribution in [3.63, 3.8) is 0 Å². The highest BCUT2D eigenvalue weighted by molar-refractivity contribution is 5.77. The van der Waals surface area contributed by atoms with Crippen molar-refractivity contribution < 1.29 is 9.53 Å². The maximum absolute atomic E-state index is 11.1. The maximum Gasteiger partial charge on any atom is 0.132 e. The van der Waals surface area contributed by atoms with E-state index in [4.69, 9.17) is 4.74 Å². The van der Waals surface area contributed by atoms with Crippen molar-refractivity contribution in [2.24, 2.45) is 0 Å². The summed E-state index contributed by atoms with van der Waals surface area (Å²) in [5.41, 5.74) is 2.42. The largest absolute Gasteiger partial charge is 0.493 e. The third kappa shape index (κ3) is 3.69. The first-order chi connectivity index (χ1) is 7.65. The van der Waals surface area contributed by atoms with Crippen LogP contribution in [0.5, 0.6) is 5.75 Å². The second-order valence-electron chi connectivity index (χ2n) is 4.04. The number of benzene rings is 1. The molecule has 16 heavy (non-hydrogen) atoms. The first kappa shape index (κ1) is 12.8. The van der Waals surface area contributed by atoms with E-state index in [0.29, 0.717) is 25.2 Å². The lowest BCUT2D eigenvalue weighted by atomic mass is 10.1. The van der Waals surface area contributed by atoms with Crippen molar-refractivity contribution >= 4 is 5.78 Å². The van der Waals surface area contributed by atoms with Gasteiger partial charge in [0.15, 0.2) is 0 Å². The average Bonchev–Trinajstić information content (AvgIpc) is 2.29. The Hall–Kier alpha value is -1.31. The molecule has 0 aromatic heterocycles. The molecule has 0 saturated carbocycles. The number of aryl methyl sites for hydroxylation is 1. The van der Waals surface area contributed by atoms with Crippen molar-refractivity contribution in [1.29, 1.82) is 0 Å². The van der Waals surface area contributed by atoms with Gasteiger partial charge in [0.25, 0.3) is 0 Å². The molecule has 0 radical (unpaired) electrons. The quantitative estimate of drug-likeness (QED) is 0.686. The van der Waals surface area contributed by atoms with Crippen LogP contribution < -0.4 is 4.74 Å². The van der Waals surface area contributed by atoms with Crippen LogP contribution in [0.25, 0.3) is 0 Å². The normalized spacial score (nSPS) is 10.2. The summed E-state index contributed by atoms with van der Waals surface area (Å²) in [6, 6.07) is 6.04. The first-order valence-corrected chi connectivity index (χ1v) is 5.86. The van der Waals surface area contributed by atoms with Crippen molar-refractivity contribution in [2.75, 3.05) is 6.61 Å². The molecule has 0 fully saturated rings. The van der Waals surface area contributed by atoms with Crippen LogP contribution in [0.1, 0.15) is 37.3 Å². The number of hydrogen-bond donors (Lipinski definition) is 0. The molecule has 0 spiro atoms. The minimum absolute atomic E-state index is 0.310. The van der Waals surface area contributed by atoms with Crippen LogP contribution in [-0.2, 0) is 4.79 Å². The lowest BCUT2D eigenvalue weighted by molar-refractivity contribution is -0.118. The maximum atomic E-state index is 11.1. The molecule has 88 valence electrons. The van der Waals surface area contributed by atoms with Crippen LogP contribution in [-0.4, -0.2) is 12.4 Å². The molecule has 0 aliphatic rings. The fraction of sp³-hybridized carbons (Fsp3) is 0.500. The Morgan fingerprint density at radius 1 is 1.31 bits per heavy atom. The molecule has 0 N–H and O–H groups in total. The highest BCUT2D eigenvalue weighted by Gasteiger charge is 2.02. The zero-order valence-corrected chi connectivity index (χ0v) is 10.4. The molecule has 1 aromatic carbocycles. The van der Waals surface area contributed by atoms with E-state index in [1.54, 1.807) is 0 Å². The number of carbonyl (C=O) groups is 1. The molecular weight excluding hydrogens is 200 g/mol. The van der Waals surface area contributed by atoms with E-state index in [-0.39, 0.29) is 0 Å². The van der Waals surface area contributed by atoms with Crippen molar-refractivity contribution in [3.05, 3.63) is 29.3 Å². The van der Waals surface area contributed by atoms with Gasteiger partial charge in [0.2, 0.25) is 0 Å². The molecule has 0 aliphatic carbocycles. The van der Waals surface area contributed by atoms with Crippen LogP contribution in [0.3, 0.4) is 0 Å². The highest BCUT2D eigenvalue weighted by Crippen LogP contribution is 2.20. The molecule has 0 heterocycles. The minimum Gasteiger partial charge on any atom is -0.493 e. The van der Waals surface area contributed by atoms with Gasteiger partial charge < -0.3 is 4.74 Å². The van der Waals surface area contributed by atoms with Crippen LogP contribution in [0.15, 0.2) is 18.2 Å². The fourth-order valence-electron chi connectivity index (χ4n) is 1.51. The first-order valence-electron chi connectivity index (χ1n) is 5.86. The second-order valence-corrected chi connectivity index (χ2v) is 4.04. The summed E-state index contributed by atoms with van der Waals surface area (Å²) in [5.74, 6) is 1.24. The van der Waals surface area contributed by atoms with Gasteiger partial charge in [-0.05, 0) is 37.5 Å². The number of hydrogen-bond acceptors (Lipinski definition) is 2. The molecule has 2 heteroatoms. The van der Waals surface area contributed by atoms with Crippen LogP contribution in [0, 0.1) is 13.8 Å². The number of ether oxygens (including phenoxy) is 1. The molecule has 0 unspecified atom stereocenters. The van der Waals surface area contributed by atoms with Crippen molar-refractivity contribution in [2.45, 2.75) is 40.0 Å². The van der Waals surface area contributed by atoms with Gasteiger partial charge >= 0.3 is 0 Å². The Morgan fingerprint density at radius 2 is 2.06 bits per heavy atom. The minimum atomic E-state index is 0.310. The van der Waals surface area contributed by atoms with Gasteiger partial charge in [0.1, 0.15) is 11.5 Å². The Balaban J connectivity index is 2.38. The van der Waals surface area contributed by atoms with Gasteiger partial charge in [-0.15, -0.1) is 0 Å². The van der Waals surface area contributed by atoms with E-state index in [1.807, 2.05) is 19.1 Å². The standard InChI is InChI=1S/C14H20O2/c1-4-13(15)8-6-10-16-14-9-5-7-11(2)12(14)3/h5,7,9H,4,6,8,10H2,1-3H3. The summed E-state index contributed by atoms with van der Waals surface area (Å²) < 4.78 is 5.66. The van der Waals surface area contributed by atoms with Gasteiger partial charge in [-0.25, -0.2) is 0 Å². The molecule has 0 atom stereocenters. The van der Waals surface area contributed by atoms with Gasteiger partial charge in [-0.3, -0.25) is 4.79 Å². The van der Waals surface area contributed by atoms with Gasteiger partial charge in [-0.2, -0.15) is 0 Å². The fourth-order valence-corrected chi connectivity index (χ4v) is 1.51. The van der Waals surface area contributed by atoms with E-state index in [9.17, 15) is 4.79 Å². The Labute approximate surface area is 97.6 Å². The Bertz CT molecular complexity index is 356. The lowest BCUT2D eigenvalue weighted by Crippen LogP contribution is -2.03. The van der Waals surface area contributed by atoms with Crippen LogP contribution >= 0.6 is 0 Å². The SMILES string of the molecule is CCC(=O)CCCOc1cccc(C)c1C.